The van der Waals surface area contributed by atoms with Crippen LogP contribution in [0.15, 0.2) is 65.7 Å². The van der Waals surface area contributed by atoms with Gasteiger partial charge in [-0.25, -0.2) is 0 Å². The minimum Gasteiger partial charge on any atom is -0.356 e. The normalized spacial score (nSPS) is 11.0. The fourth-order valence-electron chi connectivity index (χ4n) is 2.21. The summed E-state index contributed by atoms with van der Waals surface area (Å²) in [5.74, 6) is 0.561. The van der Waals surface area contributed by atoms with Crippen LogP contribution >= 0.6 is 0 Å². The van der Waals surface area contributed by atoms with Crippen LogP contribution in [0.1, 0.15) is 11.1 Å². The van der Waals surface area contributed by atoms with Crippen molar-refractivity contribution in [3.63, 3.8) is 0 Å². The average Bonchev–Trinajstić information content (AvgIpc) is 2.64. The number of benzene rings is 2. The van der Waals surface area contributed by atoms with Gasteiger partial charge in [-0.2, -0.15) is 0 Å². The number of amides is 1. The summed E-state index contributed by atoms with van der Waals surface area (Å²) < 4.78 is 0. The van der Waals surface area contributed by atoms with E-state index in [9.17, 15) is 4.79 Å². The zero-order valence-electron chi connectivity index (χ0n) is 14.0. The first kappa shape index (κ1) is 17.5. The van der Waals surface area contributed by atoms with Crippen LogP contribution < -0.4 is 16.0 Å². The first-order chi connectivity index (χ1) is 11.8. The van der Waals surface area contributed by atoms with E-state index in [1.807, 2.05) is 48.5 Å². The van der Waals surface area contributed by atoms with Gasteiger partial charge >= 0.3 is 0 Å². The largest absolute Gasteiger partial charge is 0.356 e. The molecule has 0 aliphatic heterocycles. The van der Waals surface area contributed by atoms with Gasteiger partial charge in [-0.3, -0.25) is 9.79 Å². The average molecular weight is 324 g/mol. The van der Waals surface area contributed by atoms with Crippen molar-refractivity contribution in [1.82, 2.24) is 16.0 Å². The summed E-state index contributed by atoms with van der Waals surface area (Å²) in [6, 6.07) is 20.1. The van der Waals surface area contributed by atoms with Gasteiger partial charge in [-0.15, -0.1) is 0 Å². The quantitative estimate of drug-likeness (QED) is 0.537. The Bertz CT molecular complexity index is 641. The molecule has 0 heterocycles. The van der Waals surface area contributed by atoms with E-state index < -0.39 is 0 Å². The van der Waals surface area contributed by atoms with Gasteiger partial charge in [0.25, 0.3) is 0 Å². The Morgan fingerprint density at radius 2 is 1.50 bits per heavy atom. The lowest BCUT2D eigenvalue weighted by atomic mass is 10.1. The zero-order valence-corrected chi connectivity index (χ0v) is 14.0. The van der Waals surface area contributed by atoms with Crippen LogP contribution in [0.2, 0.25) is 0 Å². The molecule has 0 atom stereocenters. The fraction of sp³-hybridized carbons (Fsp3) is 0.263. The number of carbonyl (C=O) groups excluding carboxylic acids is 1. The van der Waals surface area contributed by atoms with Gasteiger partial charge < -0.3 is 16.0 Å². The van der Waals surface area contributed by atoms with E-state index in [1.165, 1.54) is 5.56 Å². The lowest BCUT2D eigenvalue weighted by molar-refractivity contribution is -0.120. The van der Waals surface area contributed by atoms with E-state index in [-0.39, 0.29) is 12.5 Å². The van der Waals surface area contributed by atoms with Gasteiger partial charge in [-0.1, -0.05) is 60.7 Å². The van der Waals surface area contributed by atoms with Crippen LogP contribution in [-0.2, 0) is 17.8 Å². The summed E-state index contributed by atoms with van der Waals surface area (Å²) in [5.41, 5.74) is 2.34. The summed E-state index contributed by atoms with van der Waals surface area (Å²) in [6.45, 7) is 1.48. The predicted octanol–water partition coefficient (Wildman–Crippen LogP) is 1.71. The molecule has 0 aliphatic rings. The molecule has 1 amide bonds. The van der Waals surface area contributed by atoms with Gasteiger partial charge in [0.05, 0.1) is 6.54 Å². The Labute approximate surface area is 143 Å². The first-order valence-corrected chi connectivity index (χ1v) is 8.07. The van der Waals surface area contributed by atoms with E-state index in [0.29, 0.717) is 12.5 Å². The Morgan fingerprint density at radius 3 is 2.12 bits per heavy atom. The van der Waals surface area contributed by atoms with Crippen molar-refractivity contribution < 1.29 is 4.79 Å². The van der Waals surface area contributed by atoms with Gasteiger partial charge in [0, 0.05) is 20.1 Å². The number of hydrogen-bond donors (Lipinski definition) is 3. The summed E-state index contributed by atoms with van der Waals surface area (Å²) in [6.07, 6.45) is 0.905. The molecule has 0 spiro atoms. The van der Waals surface area contributed by atoms with E-state index in [1.54, 1.807) is 7.05 Å². The smallest absolute Gasteiger partial charge is 0.239 e. The number of hydrogen-bond acceptors (Lipinski definition) is 2. The van der Waals surface area contributed by atoms with Crippen molar-refractivity contribution in [2.24, 2.45) is 4.99 Å². The molecule has 0 bridgehead atoms. The van der Waals surface area contributed by atoms with Crippen molar-refractivity contribution in [1.29, 1.82) is 0 Å². The van der Waals surface area contributed by atoms with E-state index >= 15 is 0 Å². The van der Waals surface area contributed by atoms with Crippen molar-refractivity contribution in [2.45, 2.75) is 13.0 Å². The second-order valence-electron chi connectivity index (χ2n) is 5.35. The maximum atomic E-state index is 11.9. The van der Waals surface area contributed by atoms with E-state index in [2.05, 4.69) is 33.1 Å². The SMILES string of the molecule is CN=C(NCCc1ccccc1)NCC(=O)NCc1ccccc1. The molecular formula is C19H24N4O. The summed E-state index contributed by atoms with van der Waals surface area (Å²) in [5, 5.41) is 9.10. The minimum atomic E-state index is -0.0649. The molecule has 24 heavy (non-hydrogen) atoms. The molecule has 0 saturated heterocycles. The molecule has 0 aliphatic carbocycles. The second kappa shape index (κ2) is 10.0. The van der Waals surface area contributed by atoms with Crippen molar-refractivity contribution in [2.75, 3.05) is 20.1 Å². The van der Waals surface area contributed by atoms with Gasteiger partial charge in [0.2, 0.25) is 5.91 Å². The predicted molar refractivity (Wildman–Crippen MR) is 97.8 cm³/mol. The number of rotatable bonds is 7. The van der Waals surface area contributed by atoms with Gasteiger partial charge in [-0.05, 0) is 17.5 Å². The Hall–Kier alpha value is -2.82. The van der Waals surface area contributed by atoms with Crippen LogP contribution in [0, 0.1) is 0 Å². The molecule has 2 aromatic carbocycles. The first-order valence-electron chi connectivity index (χ1n) is 8.07. The molecule has 5 heteroatoms. The van der Waals surface area contributed by atoms with Crippen LogP contribution in [0.5, 0.6) is 0 Å². The molecule has 0 aromatic heterocycles. The molecule has 3 N–H and O–H groups in total. The number of guanidine groups is 1. The third-order valence-corrected chi connectivity index (χ3v) is 3.52. The third-order valence-electron chi connectivity index (χ3n) is 3.52. The van der Waals surface area contributed by atoms with Crippen LogP contribution in [0.4, 0.5) is 0 Å². The van der Waals surface area contributed by atoms with Gasteiger partial charge in [0.1, 0.15) is 0 Å². The molecule has 0 saturated carbocycles. The summed E-state index contributed by atoms with van der Waals surface area (Å²) in [7, 11) is 1.69. The second-order valence-corrected chi connectivity index (χ2v) is 5.35. The Morgan fingerprint density at radius 1 is 0.875 bits per heavy atom. The molecule has 5 nitrogen and oxygen atoms in total. The summed E-state index contributed by atoms with van der Waals surface area (Å²) >= 11 is 0. The molecule has 2 rings (SSSR count). The Balaban J connectivity index is 1.64. The topological polar surface area (TPSA) is 65.5 Å². The minimum absolute atomic E-state index is 0.0649. The maximum Gasteiger partial charge on any atom is 0.239 e. The highest BCUT2D eigenvalue weighted by atomic mass is 16.1. The molecule has 0 unspecified atom stereocenters. The lowest BCUT2D eigenvalue weighted by Gasteiger charge is -2.12. The number of aliphatic imine (C=N–C) groups is 1. The molecule has 2 aromatic rings. The van der Waals surface area contributed by atoms with Crippen LogP contribution in [0.3, 0.4) is 0 Å². The molecular weight excluding hydrogens is 300 g/mol. The molecule has 126 valence electrons. The van der Waals surface area contributed by atoms with Crippen molar-refractivity contribution in [3.05, 3.63) is 71.8 Å². The van der Waals surface area contributed by atoms with E-state index in [4.69, 9.17) is 0 Å². The van der Waals surface area contributed by atoms with Crippen LogP contribution in [-0.4, -0.2) is 32.0 Å². The number of carbonyl (C=O) groups is 1. The lowest BCUT2D eigenvalue weighted by Crippen LogP contribution is -2.43. The zero-order chi connectivity index (χ0) is 17.0. The van der Waals surface area contributed by atoms with Gasteiger partial charge in [0.15, 0.2) is 5.96 Å². The van der Waals surface area contributed by atoms with Crippen LogP contribution in [0.25, 0.3) is 0 Å². The molecule has 0 radical (unpaired) electrons. The number of nitrogens with one attached hydrogen (secondary N) is 3. The monoisotopic (exact) mass is 324 g/mol. The number of nitrogens with zero attached hydrogens (tertiary/aromatic N) is 1. The fourth-order valence-corrected chi connectivity index (χ4v) is 2.21. The highest BCUT2D eigenvalue weighted by Gasteiger charge is 2.03. The van der Waals surface area contributed by atoms with E-state index in [0.717, 1.165) is 18.5 Å². The van der Waals surface area contributed by atoms with Crippen molar-refractivity contribution in [3.8, 4) is 0 Å². The highest BCUT2D eigenvalue weighted by Crippen LogP contribution is 1.98. The Kier molecular flexibility index (Phi) is 7.34. The standard InChI is InChI=1S/C19H24N4O/c1-20-19(21-13-12-16-8-4-2-5-9-16)23-15-18(24)22-14-17-10-6-3-7-11-17/h2-11H,12-15H2,1H3,(H,22,24)(H2,20,21,23). The highest BCUT2D eigenvalue weighted by molar-refractivity contribution is 5.86. The third kappa shape index (κ3) is 6.52. The maximum absolute atomic E-state index is 11.9. The molecule has 0 fully saturated rings. The van der Waals surface area contributed by atoms with Crippen molar-refractivity contribution >= 4 is 11.9 Å². The summed E-state index contributed by atoms with van der Waals surface area (Å²) in [4.78, 5) is 16.0.